The lowest BCUT2D eigenvalue weighted by Crippen LogP contribution is -2.49. The molecule has 0 spiro atoms. The third-order valence-corrected chi connectivity index (χ3v) is 3.24. The fourth-order valence-electron chi connectivity index (χ4n) is 1.83. The van der Waals surface area contributed by atoms with E-state index >= 15 is 0 Å². The second-order valence-corrected chi connectivity index (χ2v) is 4.81. The van der Waals surface area contributed by atoms with Crippen molar-refractivity contribution in [3.63, 3.8) is 0 Å². The minimum atomic E-state index is -1.11. The molecule has 1 saturated heterocycles. The largest absolute Gasteiger partial charge is 0.484 e. The van der Waals surface area contributed by atoms with Gasteiger partial charge in [-0.05, 0) is 12.1 Å². The zero-order chi connectivity index (χ0) is 15.4. The second kappa shape index (κ2) is 6.73. The summed E-state index contributed by atoms with van der Waals surface area (Å²) < 4.78 is 23.2. The van der Waals surface area contributed by atoms with Crippen molar-refractivity contribution in [2.45, 2.75) is 6.10 Å². The first kappa shape index (κ1) is 15.5. The number of carboxylic acid groups (broad SMARTS) is 1. The molecule has 8 heteroatoms. The van der Waals surface area contributed by atoms with Crippen LogP contribution in [0.15, 0.2) is 18.2 Å². The molecule has 1 atom stereocenters. The Hall–Kier alpha value is -1.86. The highest BCUT2D eigenvalue weighted by molar-refractivity contribution is 6.30. The first-order chi connectivity index (χ1) is 9.97. The van der Waals surface area contributed by atoms with E-state index in [2.05, 4.69) is 0 Å². The molecule has 0 bridgehead atoms. The Bertz CT molecular complexity index is 553. The average Bonchev–Trinajstić information content (AvgIpc) is 2.48. The average molecular weight is 318 g/mol. The second-order valence-electron chi connectivity index (χ2n) is 4.40. The Morgan fingerprint density at radius 3 is 2.95 bits per heavy atom. The number of ether oxygens (including phenoxy) is 2. The van der Waals surface area contributed by atoms with E-state index in [0.29, 0.717) is 6.54 Å². The maximum Gasteiger partial charge on any atom is 0.334 e. The van der Waals surface area contributed by atoms with Crippen molar-refractivity contribution in [1.29, 1.82) is 0 Å². The summed E-state index contributed by atoms with van der Waals surface area (Å²) in [5.74, 6) is -1.80. The molecule has 1 amide bonds. The van der Waals surface area contributed by atoms with E-state index in [4.69, 9.17) is 26.2 Å². The van der Waals surface area contributed by atoms with Crippen LogP contribution < -0.4 is 4.74 Å². The molecule has 1 unspecified atom stereocenters. The van der Waals surface area contributed by atoms with E-state index in [9.17, 15) is 14.0 Å². The number of amides is 1. The van der Waals surface area contributed by atoms with Crippen LogP contribution in [0.25, 0.3) is 0 Å². The molecule has 0 aliphatic carbocycles. The molecule has 21 heavy (non-hydrogen) atoms. The van der Waals surface area contributed by atoms with Crippen molar-refractivity contribution in [3.05, 3.63) is 29.0 Å². The lowest BCUT2D eigenvalue weighted by atomic mass is 10.2. The van der Waals surface area contributed by atoms with Crippen LogP contribution in [0.3, 0.4) is 0 Å². The van der Waals surface area contributed by atoms with Crippen molar-refractivity contribution < 1.29 is 28.6 Å². The van der Waals surface area contributed by atoms with Crippen LogP contribution in [0, 0.1) is 5.82 Å². The summed E-state index contributed by atoms with van der Waals surface area (Å²) in [5.41, 5.74) is 0. The fraction of sp³-hybridized carbons (Fsp3) is 0.385. The Kier molecular flexibility index (Phi) is 4.98. The van der Waals surface area contributed by atoms with Crippen LogP contribution in [0.1, 0.15) is 0 Å². The molecule has 0 saturated carbocycles. The van der Waals surface area contributed by atoms with Gasteiger partial charge < -0.3 is 19.5 Å². The van der Waals surface area contributed by atoms with Gasteiger partial charge in [-0.15, -0.1) is 0 Å². The number of carbonyl (C=O) groups is 2. The molecule has 1 fully saturated rings. The summed E-state index contributed by atoms with van der Waals surface area (Å²) in [7, 11) is 0. The van der Waals surface area contributed by atoms with Gasteiger partial charge in [0.15, 0.2) is 12.7 Å². The Morgan fingerprint density at radius 1 is 1.52 bits per heavy atom. The molecule has 2 rings (SSSR count). The zero-order valence-electron chi connectivity index (χ0n) is 10.9. The minimum absolute atomic E-state index is 0.0261. The van der Waals surface area contributed by atoms with Gasteiger partial charge >= 0.3 is 5.97 Å². The van der Waals surface area contributed by atoms with Crippen molar-refractivity contribution in [3.8, 4) is 5.75 Å². The number of carboxylic acids is 1. The SMILES string of the molecule is O=C(O)C1CN(C(=O)COc2ccc(F)c(Cl)c2)CCO1. The number of benzene rings is 1. The minimum Gasteiger partial charge on any atom is -0.484 e. The summed E-state index contributed by atoms with van der Waals surface area (Å²) in [6.45, 7) is 0.150. The van der Waals surface area contributed by atoms with Crippen LogP contribution in [0.4, 0.5) is 4.39 Å². The number of hydrogen-bond donors (Lipinski definition) is 1. The fourth-order valence-corrected chi connectivity index (χ4v) is 2.00. The Labute approximate surface area is 125 Å². The van der Waals surface area contributed by atoms with Crippen LogP contribution >= 0.6 is 11.6 Å². The Balaban J connectivity index is 1.89. The molecule has 1 heterocycles. The van der Waals surface area contributed by atoms with Gasteiger partial charge in [-0.3, -0.25) is 4.79 Å². The van der Waals surface area contributed by atoms with Gasteiger partial charge in [0.05, 0.1) is 18.2 Å². The molecule has 1 aliphatic rings. The van der Waals surface area contributed by atoms with E-state index in [-0.39, 0.29) is 36.4 Å². The van der Waals surface area contributed by atoms with Crippen LogP contribution in [0.2, 0.25) is 5.02 Å². The number of hydrogen-bond acceptors (Lipinski definition) is 4. The Morgan fingerprint density at radius 2 is 2.29 bits per heavy atom. The van der Waals surface area contributed by atoms with Gasteiger partial charge in [-0.2, -0.15) is 0 Å². The molecular weight excluding hydrogens is 305 g/mol. The number of carbonyl (C=O) groups excluding carboxylic acids is 1. The zero-order valence-corrected chi connectivity index (χ0v) is 11.7. The summed E-state index contributed by atoms with van der Waals surface area (Å²) in [5, 5.41) is 8.76. The van der Waals surface area contributed by atoms with Gasteiger partial charge in [0, 0.05) is 12.6 Å². The number of nitrogens with zero attached hydrogens (tertiary/aromatic N) is 1. The maximum atomic E-state index is 13.0. The first-order valence-electron chi connectivity index (χ1n) is 6.17. The topological polar surface area (TPSA) is 76.1 Å². The quantitative estimate of drug-likeness (QED) is 0.902. The molecule has 1 aromatic rings. The predicted molar refractivity (Wildman–Crippen MR) is 70.9 cm³/mol. The number of aliphatic carboxylic acids is 1. The highest BCUT2D eigenvalue weighted by Crippen LogP contribution is 2.21. The number of halogens is 2. The lowest BCUT2D eigenvalue weighted by Gasteiger charge is -2.30. The number of morpholine rings is 1. The third kappa shape index (κ3) is 4.05. The maximum absolute atomic E-state index is 13.0. The molecule has 114 valence electrons. The van der Waals surface area contributed by atoms with Crippen molar-refractivity contribution >= 4 is 23.5 Å². The van der Waals surface area contributed by atoms with Crippen molar-refractivity contribution in [2.24, 2.45) is 0 Å². The van der Waals surface area contributed by atoms with E-state index in [0.717, 1.165) is 6.07 Å². The van der Waals surface area contributed by atoms with Gasteiger partial charge in [0.2, 0.25) is 0 Å². The molecule has 0 aromatic heterocycles. The van der Waals surface area contributed by atoms with Crippen LogP contribution in [-0.4, -0.2) is 54.3 Å². The molecule has 1 N–H and O–H groups in total. The van der Waals surface area contributed by atoms with Crippen LogP contribution in [-0.2, 0) is 14.3 Å². The molecule has 1 aliphatic heterocycles. The first-order valence-corrected chi connectivity index (χ1v) is 6.55. The van der Waals surface area contributed by atoms with Crippen LogP contribution in [0.5, 0.6) is 5.75 Å². The van der Waals surface area contributed by atoms with Gasteiger partial charge in [-0.1, -0.05) is 11.6 Å². The van der Waals surface area contributed by atoms with Crippen molar-refractivity contribution in [1.82, 2.24) is 4.90 Å². The molecule has 1 aromatic carbocycles. The molecular formula is C13H13ClFNO5. The van der Waals surface area contributed by atoms with E-state index < -0.39 is 17.9 Å². The predicted octanol–water partition coefficient (Wildman–Crippen LogP) is 1.17. The standard InChI is InChI=1S/C13H13ClFNO5/c14-9-5-8(1-2-10(9)15)21-7-12(17)16-3-4-20-11(6-16)13(18)19/h1-2,5,11H,3-4,6-7H2,(H,18,19). The molecule has 6 nitrogen and oxygen atoms in total. The van der Waals surface area contributed by atoms with E-state index in [1.54, 1.807) is 0 Å². The monoisotopic (exact) mass is 317 g/mol. The summed E-state index contributed by atoms with van der Waals surface area (Å²) >= 11 is 5.60. The van der Waals surface area contributed by atoms with E-state index in [1.165, 1.54) is 17.0 Å². The number of rotatable bonds is 4. The highest BCUT2D eigenvalue weighted by atomic mass is 35.5. The van der Waals surface area contributed by atoms with E-state index in [1.807, 2.05) is 0 Å². The van der Waals surface area contributed by atoms with Crippen molar-refractivity contribution in [2.75, 3.05) is 26.3 Å². The van der Waals surface area contributed by atoms with Gasteiger partial charge in [-0.25, -0.2) is 9.18 Å². The summed E-state index contributed by atoms with van der Waals surface area (Å²) in [6, 6.07) is 3.76. The summed E-state index contributed by atoms with van der Waals surface area (Å²) in [4.78, 5) is 24.1. The summed E-state index contributed by atoms with van der Waals surface area (Å²) in [6.07, 6.45) is -1.03. The van der Waals surface area contributed by atoms with Gasteiger partial charge in [0.1, 0.15) is 11.6 Å². The van der Waals surface area contributed by atoms with Gasteiger partial charge in [0.25, 0.3) is 5.91 Å². The normalized spacial score (nSPS) is 18.4. The lowest BCUT2D eigenvalue weighted by molar-refractivity contribution is -0.159. The molecule has 0 radical (unpaired) electrons. The highest BCUT2D eigenvalue weighted by Gasteiger charge is 2.29. The third-order valence-electron chi connectivity index (χ3n) is 2.95. The smallest absolute Gasteiger partial charge is 0.334 e.